The van der Waals surface area contributed by atoms with E-state index in [1.807, 2.05) is 6.92 Å². The molecule has 6 nitrogen and oxygen atoms in total. The molecular formula is C14H21N3O3. The van der Waals surface area contributed by atoms with Gasteiger partial charge < -0.3 is 15.9 Å². The fraction of sp³-hybridized carbons (Fsp3) is 0.500. The van der Waals surface area contributed by atoms with E-state index in [4.69, 9.17) is 10.8 Å². The van der Waals surface area contributed by atoms with E-state index in [1.165, 1.54) is 0 Å². The normalized spacial score (nSPS) is 12.8. The van der Waals surface area contributed by atoms with Crippen LogP contribution >= 0.6 is 0 Å². The maximum atomic E-state index is 10.5. The predicted molar refractivity (Wildman–Crippen MR) is 77.3 cm³/mol. The summed E-state index contributed by atoms with van der Waals surface area (Å²) in [5.41, 5.74) is 7.58. The molecule has 1 heterocycles. The largest absolute Gasteiger partial charge is 0.505 e. The van der Waals surface area contributed by atoms with Crippen LogP contribution in [0, 0.1) is 6.92 Å². The van der Waals surface area contributed by atoms with Crippen LogP contribution in [0.2, 0.25) is 0 Å². The lowest BCUT2D eigenvalue weighted by atomic mass is 10.1. The first-order valence-electron chi connectivity index (χ1n) is 6.63. The number of carboxylic acids is 1. The Morgan fingerprint density at radius 2 is 2.30 bits per heavy atom. The van der Waals surface area contributed by atoms with Crippen LogP contribution in [0.3, 0.4) is 0 Å². The minimum atomic E-state index is -0.996. The third-order valence-electron chi connectivity index (χ3n) is 3.08. The molecule has 0 unspecified atom stereocenters. The zero-order valence-corrected chi connectivity index (χ0v) is 11.8. The maximum Gasteiger partial charge on any atom is 0.320 e. The molecule has 0 aliphatic rings. The number of aromatic nitrogens is 1. The molecule has 6 heteroatoms. The summed E-state index contributed by atoms with van der Waals surface area (Å²) in [4.78, 5) is 18.9. The lowest BCUT2D eigenvalue weighted by molar-refractivity contribution is -0.138. The van der Waals surface area contributed by atoms with E-state index in [0.29, 0.717) is 30.6 Å². The van der Waals surface area contributed by atoms with Gasteiger partial charge in [-0.3, -0.25) is 14.8 Å². The van der Waals surface area contributed by atoms with Crippen molar-refractivity contribution in [2.24, 2.45) is 10.7 Å². The van der Waals surface area contributed by atoms with E-state index < -0.39 is 12.0 Å². The minimum Gasteiger partial charge on any atom is -0.505 e. The molecule has 0 saturated carbocycles. The summed E-state index contributed by atoms with van der Waals surface area (Å²) in [6, 6.07) is -0.840. The summed E-state index contributed by atoms with van der Waals surface area (Å²) in [5, 5.41) is 18.6. The SMILES string of the molecule is CCc1cnc(C)c(O)c1/C=N/CCC[C@H](N)C(=O)O. The highest BCUT2D eigenvalue weighted by atomic mass is 16.4. The molecule has 1 rings (SSSR count). The van der Waals surface area contributed by atoms with Gasteiger partial charge in [-0.1, -0.05) is 6.92 Å². The summed E-state index contributed by atoms with van der Waals surface area (Å²) in [7, 11) is 0. The summed E-state index contributed by atoms with van der Waals surface area (Å²) in [5.74, 6) is -0.847. The molecular weight excluding hydrogens is 258 g/mol. The molecule has 0 radical (unpaired) electrons. The second-order valence-electron chi connectivity index (χ2n) is 4.61. The topological polar surface area (TPSA) is 109 Å². The van der Waals surface area contributed by atoms with Crippen LogP contribution in [0.25, 0.3) is 0 Å². The molecule has 0 aliphatic carbocycles. The lowest BCUT2D eigenvalue weighted by Crippen LogP contribution is -2.29. The van der Waals surface area contributed by atoms with E-state index in [0.717, 1.165) is 12.0 Å². The summed E-state index contributed by atoms with van der Waals surface area (Å²) in [6.45, 7) is 4.19. The minimum absolute atomic E-state index is 0.148. The fourth-order valence-corrected chi connectivity index (χ4v) is 1.76. The number of pyridine rings is 1. The van der Waals surface area contributed by atoms with Crippen LogP contribution < -0.4 is 5.73 Å². The number of rotatable bonds is 7. The Bertz CT molecular complexity index is 501. The second kappa shape index (κ2) is 7.59. The maximum absolute atomic E-state index is 10.5. The zero-order chi connectivity index (χ0) is 15.1. The smallest absolute Gasteiger partial charge is 0.320 e. The van der Waals surface area contributed by atoms with Gasteiger partial charge >= 0.3 is 5.97 Å². The first kappa shape index (κ1) is 16.1. The number of hydrogen-bond acceptors (Lipinski definition) is 5. The summed E-state index contributed by atoms with van der Waals surface area (Å²) >= 11 is 0. The van der Waals surface area contributed by atoms with Crippen LogP contribution in [-0.2, 0) is 11.2 Å². The number of nitrogens with zero attached hydrogens (tertiary/aromatic N) is 2. The van der Waals surface area contributed by atoms with Crippen molar-refractivity contribution in [1.29, 1.82) is 0 Å². The zero-order valence-electron chi connectivity index (χ0n) is 11.8. The summed E-state index contributed by atoms with van der Waals surface area (Å²) in [6.07, 6.45) is 5.09. The third kappa shape index (κ3) is 4.31. The number of aryl methyl sites for hydroxylation is 2. The first-order chi connectivity index (χ1) is 9.47. The second-order valence-corrected chi connectivity index (χ2v) is 4.61. The van der Waals surface area contributed by atoms with Gasteiger partial charge in [0.25, 0.3) is 0 Å². The van der Waals surface area contributed by atoms with Crippen molar-refractivity contribution < 1.29 is 15.0 Å². The van der Waals surface area contributed by atoms with Gasteiger partial charge in [-0.05, 0) is 31.7 Å². The Kier molecular flexibility index (Phi) is 6.11. The van der Waals surface area contributed by atoms with Gasteiger partial charge in [-0.15, -0.1) is 0 Å². The summed E-state index contributed by atoms with van der Waals surface area (Å²) < 4.78 is 0. The molecule has 0 fully saturated rings. The molecule has 0 spiro atoms. The van der Waals surface area contributed by atoms with Crippen molar-refractivity contribution in [2.45, 2.75) is 39.2 Å². The van der Waals surface area contributed by atoms with E-state index in [9.17, 15) is 9.90 Å². The molecule has 0 saturated heterocycles. The van der Waals surface area contributed by atoms with Gasteiger partial charge in [0.05, 0.1) is 5.69 Å². The van der Waals surface area contributed by atoms with Gasteiger partial charge in [0, 0.05) is 24.5 Å². The Labute approximate surface area is 118 Å². The Morgan fingerprint density at radius 1 is 1.60 bits per heavy atom. The van der Waals surface area contributed by atoms with Crippen LogP contribution in [0.1, 0.15) is 36.6 Å². The molecule has 1 aromatic heterocycles. The van der Waals surface area contributed by atoms with E-state index in [1.54, 1.807) is 19.3 Å². The molecule has 0 bridgehead atoms. The number of carbonyl (C=O) groups is 1. The Hall–Kier alpha value is -1.95. The Morgan fingerprint density at radius 3 is 2.90 bits per heavy atom. The molecule has 4 N–H and O–H groups in total. The fourth-order valence-electron chi connectivity index (χ4n) is 1.76. The molecule has 0 amide bonds. The van der Waals surface area contributed by atoms with Crippen LogP contribution in [0.4, 0.5) is 0 Å². The average molecular weight is 279 g/mol. The number of aliphatic imine (C=N–C) groups is 1. The van der Waals surface area contributed by atoms with Crippen LogP contribution in [0.5, 0.6) is 5.75 Å². The highest BCUT2D eigenvalue weighted by Crippen LogP contribution is 2.22. The van der Waals surface area contributed by atoms with Gasteiger partial charge in [0.15, 0.2) is 0 Å². The number of carboxylic acid groups (broad SMARTS) is 1. The monoisotopic (exact) mass is 279 g/mol. The lowest BCUT2D eigenvalue weighted by Gasteiger charge is -2.07. The molecule has 20 heavy (non-hydrogen) atoms. The van der Waals surface area contributed by atoms with Crippen molar-refractivity contribution >= 4 is 12.2 Å². The van der Waals surface area contributed by atoms with Crippen molar-refractivity contribution in [3.8, 4) is 5.75 Å². The van der Waals surface area contributed by atoms with Gasteiger partial charge in [-0.25, -0.2) is 0 Å². The highest BCUT2D eigenvalue weighted by molar-refractivity contribution is 5.85. The average Bonchev–Trinajstić information content (AvgIpc) is 2.42. The molecule has 110 valence electrons. The van der Waals surface area contributed by atoms with Crippen molar-refractivity contribution in [2.75, 3.05) is 6.54 Å². The number of aliphatic carboxylic acids is 1. The number of hydrogen-bond donors (Lipinski definition) is 3. The van der Waals surface area contributed by atoms with Gasteiger partial charge in [0.1, 0.15) is 11.8 Å². The van der Waals surface area contributed by atoms with Crippen LogP contribution in [-0.4, -0.2) is 40.0 Å². The number of aromatic hydroxyl groups is 1. The van der Waals surface area contributed by atoms with E-state index in [-0.39, 0.29) is 5.75 Å². The molecule has 0 aliphatic heterocycles. The standard InChI is InChI=1S/C14H21N3O3/c1-3-10-7-17-9(2)13(18)11(10)8-16-6-4-5-12(15)14(19)20/h7-8,12,18H,3-6,15H2,1-2H3,(H,19,20)/b16-8+/t12-/m0/s1. The van der Waals surface area contributed by atoms with Crippen molar-refractivity contribution in [3.05, 3.63) is 23.0 Å². The Balaban J connectivity index is 2.62. The third-order valence-corrected chi connectivity index (χ3v) is 3.08. The highest BCUT2D eigenvalue weighted by Gasteiger charge is 2.10. The van der Waals surface area contributed by atoms with E-state index >= 15 is 0 Å². The first-order valence-corrected chi connectivity index (χ1v) is 6.63. The van der Waals surface area contributed by atoms with Crippen molar-refractivity contribution in [3.63, 3.8) is 0 Å². The van der Waals surface area contributed by atoms with Crippen molar-refractivity contribution in [1.82, 2.24) is 4.98 Å². The predicted octanol–water partition coefficient (Wildman–Crippen LogP) is 1.27. The van der Waals surface area contributed by atoms with Gasteiger partial charge in [-0.2, -0.15) is 0 Å². The number of nitrogens with two attached hydrogens (primary N) is 1. The van der Waals surface area contributed by atoms with Crippen LogP contribution in [0.15, 0.2) is 11.2 Å². The van der Waals surface area contributed by atoms with Gasteiger partial charge in [0.2, 0.25) is 0 Å². The molecule has 0 aromatic carbocycles. The van der Waals surface area contributed by atoms with E-state index in [2.05, 4.69) is 9.98 Å². The molecule has 1 aromatic rings. The quantitative estimate of drug-likeness (QED) is 0.514. The molecule has 1 atom stereocenters.